The molecule has 2 amide bonds. The number of aromatic nitrogens is 2. The normalized spacial score (nSPS) is 14.4. The number of nitrogens with zero attached hydrogens (tertiary/aromatic N) is 4. The van der Waals surface area contributed by atoms with Crippen LogP contribution in [0.3, 0.4) is 0 Å². The number of hydrogen-bond acceptors (Lipinski definition) is 6. The van der Waals surface area contributed by atoms with Gasteiger partial charge in [0.2, 0.25) is 11.8 Å². The smallest absolute Gasteiger partial charge is 0.238 e. The Morgan fingerprint density at radius 3 is 2.34 bits per heavy atom. The lowest BCUT2D eigenvalue weighted by Crippen LogP contribution is -2.50. The van der Waals surface area contributed by atoms with Crippen molar-refractivity contribution in [1.29, 1.82) is 0 Å². The van der Waals surface area contributed by atoms with Gasteiger partial charge < -0.3 is 10.2 Å². The van der Waals surface area contributed by atoms with E-state index in [9.17, 15) is 9.59 Å². The lowest BCUT2D eigenvalue weighted by molar-refractivity contribution is -0.133. The van der Waals surface area contributed by atoms with Gasteiger partial charge in [0.15, 0.2) is 5.16 Å². The molecule has 1 saturated heterocycles. The lowest BCUT2D eigenvalue weighted by atomic mass is 10.1. The zero-order valence-electron chi connectivity index (χ0n) is 19.5. The fourth-order valence-corrected chi connectivity index (χ4v) is 4.51. The summed E-state index contributed by atoms with van der Waals surface area (Å²) in [4.78, 5) is 38.2. The average Bonchev–Trinajstić information content (AvgIpc) is 2.79. The van der Waals surface area contributed by atoms with E-state index in [1.54, 1.807) is 0 Å². The third kappa shape index (κ3) is 6.29. The van der Waals surface area contributed by atoms with Crippen molar-refractivity contribution < 1.29 is 9.59 Å². The molecule has 7 nitrogen and oxygen atoms in total. The first-order chi connectivity index (χ1) is 15.4. The van der Waals surface area contributed by atoms with Gasteiger partial charge in [-0.3, -0.25) is 14.5 Å². The highest BCUT2D eigenvalue weighted by Crippen LogP contribution is 2.18. The molecule has 1 aliphatic rings. The maximum absolute atomic E-state index is 12.7. The zero-order valence-corrected chi connectivity index (χ0v) is 20.3. The van der Waals surface area contributed by atoms with Crippen LogP contribution in [0.1, 0.15) is 35.9 Å². The van der Waals surface area contributed by atoms with Gasteiger partial charge in [-0.15, -0.1) is 0 Å². The van der Waals surface area contributed by atoms with E-state index < -0.39 is 0 Å². The van der Waals surface area contributed by atoms with Gasteiger partial charge in [0.1, 0.15) is 0 Å². The zero-order chi connectivity index (χ0) is 23.1. The second-order valence-electron chi connectivity index (χ2n) is 8.08. The molecule has 0 unspecified atom stereocenters. The summed E-state index contributed by atoms with van der Waals surface area (Å²) in [6.07, 6.45) is 3.96. The van der Waals surface area contributed by atoms with Crippen molar-refractivity contribution in [1.82, 2.24) is 19.8 Å². The van der Waals surface area contributed by atoms with Crippen LogP contribution < -0.4 is 5.32 Å². The summed E-state index contributed by atoms with van der Waals surface area (Å²) in [6.45, 7) is 9.10. The van der Waals surface area contributed by atoms with E-state index in [0.29, 0.717) is 45.6 Å². The van der Waals surface area contributed by atoms with E-state index >= 15 is 0 Å². The highest BCUT2D eigenvalue weighted by atomic mass is 32.2. The molecule has 1 aliphatic heterocycles. The van der Waals surface area contributed by atoms with Crippen LogP contribution in [0.15, 0.2) is 29.4 Å². The molecule has 2 heterocycles. The number of benzene rings is 1. The molecule has 0 aliphatic carbocycles. The fourth-order valence-electron chi connectivity index (χ4n) is 4.05. The number of hydrogen-bond donors (Lipinski definition) is 1. The van der Waals surface area contributed by atoms with Crippen molar-refractivity contribution in [3.63, 3.8) is 0 Å². The van der Waals surface area contributed by atoms with E-state index in [0.717, 1.165) is 39.8 Å². The van der Waals surface area contributed by atoms with Gasteiger partial charge in [-0.25, -0.2) is 9.97 Å². The highest BCUT2D eigenvalue weighted by Gasteiger charge is 2.23. The second-order valence-corrected chi connectivity index (χ2v) is 8.85. The van der Waals surface area contributed by atoms with Crippen LogP contribution in [0.25, 0.3) is 0 Å². The van der Waals surface area contributed by atoms with Crippen molar-refractivity contribution in [3.8, 4) is 0 Å². The Morgan fingerprint density at radius 1 is 1.06 bits per heavy atom. The van der Waals surface area contributed by atoms with Crippen LogP contribution in [0, 0.1) is 13.8 Å². The van der Waals surface area contributed by atoms with Crippen molar-refractivity contribution in [2.45, 2.75) is 45.2 Å². The molecule has 0 spiro atoms. The number of anilines is 1. The monoisotopic (exact) mass is 455 g/mol. The van der Waals surface area contributed by atoms with Crippen LogP contribution in [0.4, 0.5) is 5.69 Å². The first-order valence-corrected chi connectivity index (χ1v) is 12.4. The van der Waals surface area contributed by atoms with Crippen molar-refractivity contribution in [3.05, 3.63) is 46.8 Å². The first-order valence-electron chi connectivity index (χ1n) is 11.2. The van der Waals surface area contributed by atoms with Gasteiger partial charge in [-0.05, 0) is 50.1 Å². The number of carbonyl (C=O) groups is 2. The minimum absolute atomic E-state index is 0.00897. The molecule has 8 heteroatoms. The molecule has 1 fully saturated rings. The Balaban J connectivity index is 1.45. The Morgan fingerprint density at radius 2 is 1.72 bits per heavy atom. The maximum atomic E-state index is 12.7. The molecule has 32 heavy (non-hydrogen) atoms. The van der Waals surface area contributed by atoms with Gasteiger partial charge in [0.05, 0.1) is 6.54 Å². The van der Waals surface area contributed by atoms with Crippen LogP contribution in [0.2, 0.25) is 0 Å². The summed E-state index contributed by atoms with van der Waals surface area (Å²) < 4.78 is 0. The van der Waals surface area contributed by atoms with E-state index in [1.165, 1.54) is 11.8 Å². The Kier molecular flexibility index (Phi) is 8.64. The maximum Gasteiger partial charge on any atom is 0.238 e. The van der Waals surface area contributed by atoms with Gasteiger partial charge in [-0.2, -0.15) is 0 Å². The van der Waals surface area contributed by atoms with Crippen molar-refractivity contribution in [2.24, 2.45) is 0 Å². The molecule has 172 valence electrons. The molecule has 0 saturated carbocycles. The number of para-hydroxylation sites is 1. The summed E-state index contributed by atoms with van der Waals surface area (Å²) in [5.74, 6) is 0.143. The van der Waals surface area contributed by atoms with Gasteiger partial charge in [-0.1, -0.05) is 36.9 Å². The second kappa shape index (κ2) is 11.4. The molecular formula is C24H33N5O2S. The van der Waals surface area contributed by atoms with Gasteiger partial charge in [0.25, 0.3) is 0 Å². The molecule has 1 N–H and O–H groups in total. The number of piperazine rings is 1. The minimum atomic E-state index is -0.00897. The fraction of sp³-hybridized carbons (Fsp3) is 0.500. The van der Waals surface area contributed by atoms with Gasteiger partial charge in [0, 0.05) is 49.7 Å². The minimum Gasteiger partial charge on any atom is -0.340 e. The third-order valence-corrected chi connectivity index (χ3v) is 6.48. The largest absolute Gasteiger partial charge is 0.340 e. The summed E-state index contributed by atoms with van der Waals surface area (Å²) >= 11 is 1.53. The van der Waals surface area contributed by atoms with E-state index in [2.05, 4.69) is 27.1 Å². The third-order valence-electron chi connectivity index (χ3n) is 5.94. The molecule has 0 radical (unpaired) electrons. The standard InChI is InChI=1S/C24H33N5O2S/c1-5-19-8-6-7-9-21(19)27-22(30)16-28-12-14-29(15-13-28)23(31)11-10-20-17(2)25-24(32-4)26-18(20)3/h6-9H,5,10-16H2,1-4H3,(H,27,30). The predicted molar refractivity (Wildman–Crippen MR) is 129 cm³/mol. The number of rotatable bonds is 8. The summed E-state index contributed by atoms with van der Waals surface area (Å²) in [7, 11) is 0. The number of nitrogens with one attached hydrogen (secondary N) is 1. The van der Waals surface area contributed by atoms with Gasteiger partial charge >= 0.3 is 0 Å². The van der Waals surface area contributed by atoms with Crippen LogP contribution in [-0.2, 0) is 22.4 Å². The Labute approximate surface area is 195 Å². The first kappa shape index (κ1) is 24.2. The van der Waals surface area contributed by atoms with E-state index in [1.807, 2.05) is 49.3 Å². The number of carbonyl (C=O) groups excluding carboxylic acids is 2. The van der Waals surface area contributed by atoms with E-state index in [4.69, 9.17) is 0 Å². The Bertz CT molecular complexity index is 934. The molecule has 1 aromatic carbocycles. The quantitative estimate of drug-likeness (QED) is 0.487. The number of thioether (sulfide) groups is 1. The average molecular weight is 456 g/mol. The number of aryl methyl sites for hydroxylation is 3. The molecule has 0 atom stereocenters. The Hall–Kier alpha value is -2.45. The molecule has 1 aromatic heterocycles. The molecule has 3 rings (SSSR count). The number of amides is 2. The van der Waals surface area contributed by atoms with Crippen LogP contribution in [-0.4, -0.2) is 70.6 Å². The van der Waals surface area contributed by atoms with Crippen molar-refractivity contribution in [2.75, 3.05) is 44.3 Å². The SMILES string of the molecule is CCc1ccccc1NC(=O)CN1CCN(C(=O)CCc2c(C)nc(SC)nc2C)CC1. The topological polar surface area (TPSA) is 78.4 Å². The summed E-state index contributed by atoms with van der Waals surface area (Å²) in [5, 5.41) is 3.80. The predicted octanol–water partition coefficient (Wildman–Crippen LogP) is 3.09. The summed E-state index contributed by atoms with van der Waals surface area (Å²) in [6, 6.07) is 7.90. The van der Waals surface area contributed by atoms with E-state index in [-0.39, 0.29) is 11.8 Å². The summed E-state index contributed by atoms with van der Waals surface area (Å²) in [5.41, 5.74) is 4.99. The van der Waals surface area contributed by atoms with Crippen LogP contribution >= 0.6 is 11.8 Å². The van der Waals surface area contributed by atoms with Crippen molar-refractivity contribution >= 4 is 29.3 Å². The molecule has 0 bridgehead atoms. The lowest BCUT2D eigenvalue weighted by Gasteiger charge is -2.34. The highest BCUT2D eigenvalue weighted by molar-refractivity contribution is 7.98. The molecular weight excluding hydrogens is 422 g/mol. The van der Waals surface area contributed by atoms with Crippen LogP contribution in [0.5, 0.6) is 0 Å². The molecule has 2 aromatic rings.